The molecule has 15 nitrogen and oxygen atoms in total. The molecule has 4 amide bonds. The Morgan fingerprint density at radius 1 is 0.714 bits per heavy atom. The number of ether oxygens (including phenoxy) is 2. The molecule has 0 aliphatic carbocycles. The highest BCUT2D eigenvalue weighted by Crippen LogP contribution is 2.33. The number of carbonyl (C=O) groups is 4. The second kappa shape index (κ2) is 17.5. The van der Waals surface area contributed by atoms with Gasteiger partial charge in [0.25, 0.3) is 0 Å². The number of aromatic amines is 2. The molecule has 2 aromatic carbocycles. The molecule has 4 aromatic rings. The lowest BCUT2D eigenvalue weighted by Gasteiger charge is -2.30. The Hall–Kier alpha value is -6.14. The quantitative estimate of drug-likeness (QED) is 0.143. The topological polar surface area (TPSA) is 187 Å². The summed E-state index contributed by atoms with van der Waals surface area (Å²) < 4.78 is 9.47. The lowest BCUT2D eigenvalue weighted by molar-refractivity contribution is -0.136. The summed E-state index contributed by atoms with van der Waals surface area (Å²) in [6, 6.07) is 13.8. The summed E-state index contributed by atoms with van der Waals surface area (Å²) in [7, 11) is 2.56. The van der Waals surface area contributed by atoms with Gasteiger partial charge < -0.3 is 39.9 Å². The molecule has 6 rings (SSSR count). The van der Waals surface area contributed by atoms with Crippen LogP contribution in [-0.4, -0.2) is 99.8 Å². The highest BCUT2D eigenvalue weighted by Gasteiger charge is 2.39. The van der Waals surface area contributed by atoms with Crippen LogP contribution in [0.3, 0.4) is 0 Å². The first-order valence-corrected chi connectivity index (χ1v) is 18.8. The maximum absolute atomic E-state index is 13.5. The van der Waals surface area contributed by atoms with E-state index < -0.39 is 24.3 Å². The fourth-order valence-electron chi connectivity index (χ4n) is 7.00. The Kier molecular flexibility index (Phi) is 12.4. The third-order valence-electron chi connectivity index (χ3n) is 10.2. The Morgan fingerprint density at radius 2 is 1.18 bits per heavy atom. The van der Waals surface area contributed by atoms with E-state index in [-0.39, 0.29) is 35.7 Å². The maximum atomic E-state index is 13.5. The molecule has 2 aliphatic heterocycles. The normalized spacial score (nSPS) is 17.6. The van der Waals surface area contributed by atoms with Crippen molar-refractivity contribution in [1.82, 2.24) is 45.7 Å². The fraction of sp³-hybridized carbons (Fsp3) is 0.415. The van der Waals surface area contributed by atoms with Gasteiger partial charge in [-0.2, -0.15) is 0 Å². The number of aromatic nitrogens is 4. The number of alkyl carbamates (subject to hydrolysis) is 2. The van der Waals surface area contributed by atoms with Gasteiger partial charge in [0.1, 0.15) is 29.8 Å². The standard InChI is InChI=1S/C41H49N9O6/c1-24(2)34(47-40(53)55-5)38(51)49-19-7-8-32(49)36-43-20-30(45-36)28-15-11-26(12-16-28)9-10-27-13-17-29(18-14-27)31-21-44-37(46-31)33-22-42-23-50(33)39(52)35(25(3)4)48-41(54)56-6/h11-18,20-21,24-25,32-35,42H,7-8,19,22-23H2,1-6H3,(H,43,45)(H,44,46)(H,47,53)(H,48,54). The molecule has 2 aliphatic rings. The van der Waals surface area contributed by atoms with Crippen molar-refractivity contribution in [2.75, 3.05) is 34.0 Å². The van der Waals surface area contributed by atoms with Crippen LogP contribution in [0.15, 0.2) is 60.9 Å². The van der Waals surface area contributed by atoms with E-state index in [1.165, 1.54) is 14.2 Å². The lowest BCUT2D eigenvalue weighted by Crippen LogP contribution is -2.51. The average molecular weight is 764 g/mol. The van der Waals surface area contributed by atoms with E-state index in [1.54, 1.807) is 22.2 Å². The molecule has 4 unspecified atom stereocenters. The number of nitrogens with one attached hydrogen (secondary N) is 5. The Morgan fingerprint density at radius 3 is 1.64 bits per heavy atom. The molecule has 2 fully saturated rings. The number of methoxy groups -OCH3 is 2. The summed E-state index contributed by atoms with van der Waals surface area (Å²) in [4.78, 5) is 70.3. The van der Waals surface area contributed by atoms with E-state index in [0.29, 0.717) is 31.4 Å². The number of benzene rings is 2. The smallest absolute Gasteiger partial charge is 0.407 e. The van der Waals surface area contributed by atoms with Crippen LogP contribution in [0, 0.1) is 23.7 Å². The molecule has 56 heavy (non-hydrogen) atoms. The average Bonchev–Trinajstić information content (AvgIpc) is 4.04. The zero-order chi connectivity index (χ0) is 39.9. The van der Waals surface area contributed by atoms with Crippen LogP contribution in [0.1, 0.15) is 75.4 Å². The monoisotopic (exact) mass is 763 g/mol. The molecule has 0 radical (unpaired) electrons. The van der Waals surface area contributed by atoms with Crippen LogP contribution in [-0.2, 0) is 19.1 Å². The number of likely N-dealkylation sites (tertiary alicyclic amines) is 1. The largest absolute Gasteiger partial charge is 0.453 e. The second-order valence-electron chi connectivity index (χ2n) is 14.6. The zero-order valence-electron chi connectivity index (χ0n) is 32.5. The number of imidazole rings is 2. The minimum atomic E-state index is -0.730. The molecule has 4 heterocycles. The molecule has 0 saturated carbocycles. The van der Waals surface area contributed by atoms with Crippen molar-refractivity contribution in [1.29, 1.82) is 0 Å². The van der Waals surface area contributed by atoms with Crippen molar-refractivity contribution in [3.63, 3.8) is 0 Å². The molecule has 2 aromatic heterocycles. The minimum Gasteiger partial charge on any atom is -0.453 e. The van der Waals surface area contributed by atoms with E-state index in [4.69, 9.17) is 9.47 Å². The summed E-state index contributed by atoms with van der Waals surface area (Å²) in [6.07, 6.45) is 3.87. The Labute approximate surface area is 326 Å². The van der Waals surface area contributed by atoms with Crippen LogP contribution in [0.25, 0.3) is 22.5 Å². The van der Waals surface area contributed by atoms with Gasteiger partial charge in [-0.05, 0) is 60.1 Å². The number of nitrogens with zero attached hydrogens (tertiary/aromatic N) is 4. The first-order valence-electron chi connectivity index (χ1n) is 18.8. The maximum Gasteiger partial charge on any atom is 0.407 e. The van der Waals surface area contributed by atoms with Gasteiger partial charge in [-0.3, -0.25) is 14.9 Å². The van der Waals surface area contributed by atoms with Gasteiger partial charge in [0.2, 0.25) is 11.8 Å². The zero-order valence-corrected chi connectivity index (χ0v) is 32.5. The molecular formula is C41H49N9O6. The van der Waals surface area contributed by atoms with E-state index >= 15 is 0 Å². The van der Waals surface area contributed by atoms with Crippen molar-refractivity contribution in [2.24, 2.45) is 11.8 Å². The van der Waals surface area contributed by atoms with Crippen molar-refractivity contribution >= 4 is 24.0 Å². The van der Waals surface area contributed by atoms with E-state index in [2.05, 4.69) is 47.7 Å². The summed E-state index contributed by atoms with van der Waals surface area (Å²) in [6.45, 7) is 8.99. The van der Waals surface area contributed by atoms with Gasteiger partial charge in [0, 0.05) is 24.2 Å². The van der Waals surface area contributed by atoms with Gasteiger partial charge >= 0.3 is 12.2 Å². The highest BCUT2D eigenvalue weighted by atomic mass is 16.5. The van der Waals surface area contributed by atoms with Gasteiger partial charge in [-0.1, -0.05) is 63.8 Å². The van der Waals surface area contributed by atoms with Crippen LogP contribution < -0.4 is 16.0 Å². The molecule has 0 spiro atoms. The number of hydrogen-bond acceptors (Lipinski definition) is 9. The summed E-state index contributed by atoms with van der Waals surface area (Å²) >= 11 is 0. The number of rotatable bonds is 10. The van der Waals surface area contributed by atoms with Crippen LogP contribution in [0.5, 0.6) is 0 Å². The SMILES string of the molecule is COC(=O)NC(C(=O)N1CCCC1c1ncc(-c2ccc(C#Cc3ccc(-c4cnc(C5CNCN5C(=O)C(NC(=O)OC)C(C)C)[nH]4)cc3)cc2)[nH]1)C(C)C. The summed E-state index contributed by atoms with van der Waals surface area (Å²) in [5.41, 5.74) is 5.22. The van der Waals surface area contributed by atoms with Crippen molar-refractivity contribution in [3.8, 4) is 34.4 Å². The summed E-state index contributed by atoms with van der Waals surface area (Å²) in [5, 5.41) is 8.58. The van der Waals surface area contributed by atoms with E-state index in [1.807, 2.05) is 76.2 Å². The molecular weight excluding hydrogens is 715 g/mol. The minimum absolute atomic E-state index is 0.108. The first kappa shape index (κ1) is 39.6. The first-order chi connectivity index (χ1) is 27.0. The summed E-state index contributed by atoms with van der Waals surface area (Å²) in [5.74, 6) is 7.23. The number of H-pyrrole nitrogens is 2. The number of carbonyl (C=O) groups excluding carboxylic acids is 4. The van der Waals surface area contributed by atoms with E-state index in [9.17, 15) is 19.2 Å². The van der Waals surface area contributed by atoms with Gasteiger partial charge in [-0.15, -0.1) is 0 Å². The number of amides is 4. The third-order valence-corrected chi connectivity index (χ3v) is 10.2. The van der Waals surface area contributed by atoms with Crippen LogP contribution in [0.2, 0.25) is 0 Å². The Bertz CT molecular complexity index is 1930. The van der Waals surface area contributed by atoms with E-state index in [0.717, 1.165) is 46.5 Å². The van der Waals surface area contributed by atoms with Crippen molar-refractivity contribution in [3.05, 3.63) is 83.7 Å². The fourth-order valence-corrected chi connectivity index (χ4v) is 7.00. The lowest BCUT2D eigenvalue weighted by atomic mass is 10.0. The second-order valence-corrected chi connectivity index (χ2v) is 14.6. The van der Waals surface area contributed by atoms with Crippen molar-refractivity contribution in [2.45, 2.75) is 64.7 Å². The van der Waals surface area contributed by atoms with Gasteiger partial charge in [0.15, 0.2) is 0 Å². The molecule has 5 N–H and O–H groups in total. The van der Waals surface area contributed by atoms with Gasteiger partial charge in [-0.25, -0.2) is 19.6 Å². The van der Waals surface area contributed by atoms with Crippen molar-refractivity contribution < 1.29 is 28.7 Å². The van der Waals surface area contributed by atoms with Gasteiger partial charge in [0.05, 0.1) is 50.7 Å². The van der Waals surface area contributed by atoms with Crippen LogP contribution >= 0.6 is 0 Å². The Balaban J connectivity index is 1.08. The third kappa shape index (κ3) is 8.87. The molecule has 15 heteroatoms. The molecule has 0 bridgehead atoms. The number of hydrogen-bond donors (Lipinski definition) is 5. The molecule has 294 valence electrons. The predicted octanol–water partition coefficient (Wildman–Crippen LogP) is 4.72. The molecule has 2 saturated heterocycles. The highest BCUT2D eigenvalue weighted by molar-refractivity contribution is 5.87. The van der Waals surface area contributed by atoms with Crippen LogP contribution in [0.4, 0.5) is 9.59 Å². The molecule has 4 atom stereocenters. The predicted molar refractivity (Wildman–Crippen MR) is 209 cm³/mol.